The summed E-state index contributed by atoms with van der Waals surface area (Å²) >= 11 is 0. The molecule has 2 fully saturated rings. The van der Waals surface area contributed by atoms with Crippen LogP contribution in [0.4, 0.5) is 0 Å². The Morgan fingerprint density at radius 3 is 2.61 bits per heavy atom. The van der Waals surface area contributed by atoms with Gasteiger partial charge in [0.2, 0.25) is 0 Å². The Bertz CT molecular complexity index is 547. The van der Waals surface area contributed by atoms with Crippen LogP contribution in [0.2, 0.25) is 0 Å². The molecule has 0 aliphatic carbocycles. The van der Waals surface area contributed by atoms with Gasteiger partial charge in [-0.25, -0.2) is 0 Å². The molecule has 0 saturated carbocycles. The molecule has 2 heterocycles. The molecule has 1 aromatic rings. The predicted molar refractivity (Wildman–Crippen MR) is 91.9 cm³/mol. The fourth-order valence-corrected chi connectivity index (χ4v) is 3.53. The average Bonchev–Trinajstić information content (AvgIpc) is 3.25. The normalized spacial score (nSPS) is 22.1. The number of allylic oxidation sites excluding steroid dienone is 1. The van der Waals surface area contributed by atoms with Crippen molar-refractivity contribution in [3.05, 3.63) is 42.1 Å². The molecule has 0 N–H and O–H groups in total. The van der Waals surface area contributed by atoms with Gasteiger partial charge in [-0.15, -0.1) is 0 Å². The Balaban J connectivity index is 1.57. The third-order valence-electron chi connectivity index (χ3n) is 4.88. The van der Waals surface area contributed by atoms with Gasteiger partial charge in [-0.2, -0.15) is 0 Å². The van der Waals surface area contributed by atoms with Gasteiger partial charge in [-0.1, -0.05) is 0 Å². The van der Waals surface area contributed by atoms with Crippen LogP contribution in [0.25, 0.3) is 0 Å². The summed E-state index contributed by atoms with van der Waals surface area (Å²) in [4.78, 5) is 17.2. The van der Waals surface area contributed by atoms with Crippen molar-refractivity contribution in [1.82, 2.24) is 9.80 Å². The number of nitrogens with zero attached hydrogens (tertiary/aromatic N) is 2. The molecule has 1 aromatic carbocycles. The Morgan fingerprint density at radius 1 is 1.17 bits per heavy atom. The molecule has 0 bridgehead atoms. The van der Waals surface area contributed by atoms with Crippen molar-refractivity contribution in [1.29, 1.82) is 0 Å². The highest BCUT2D eigenvalue weighted by molar-refractivity contribution is 6.04. The van der Waals surface area contributed by atoms with Crippen LogP contribution < -0.4 is 4.74 Å². The molecule has 0 unspecified atom stereocenters. The fourth-order valence-electron chi connectivity index (χ4n) is 3.53. The van der Waals surface area contributed by atoms with E-state index in [1.807, 2.05) is 30.5 Å². The maximum Gasteiger partial charge on any atom is 0.187 e. The van der Waals surface area contributed by atoms with E-state index in [2.05, 4.69) is 9.80 Å². The van der Waals surface area contributed by atoms with Crippen molar-refractivity contribution in [3.8, 4) is 5.75 Å². The van der Waals surface area contributed by atoms with Crippen LogP contribution in [-0.4, -0.2) is 54.9 Å². The second kappa shape index (κ2) is 7.64. The Hall–Kier alpha value is -1.81. The van der Waals surface area contributed by atoms with Gasteiger partial charge in [0.15, 0.2) is 5.78 Å². The SMILES string of the molecule is COc1ccc(C(=O)/C=C/N2CCC[C@H]2CN2CCCC2)cc1. The van der Waals surface area contributed by atoms with Crippen LogP contribution in [-0.2, 0) is 0 Å². The van der Waals surface area contributed by atoms with Crippen LogP contribution in [0.3, 0.4) is 0 Å². The number of ether oxygens (including phenoxy) is 1. The molecule has 2 aliphatic heterocycles. The van der Waals surface area contributed by atoms with Crippen molar-refractivity contribution in [2.24, 2.45) is 0 Å². The molecule has 0 spiro atoms. The van der Waals surface area contributed by atoms with Gasteiger partial charge in [-0.3, -0.25) is 4.79 Å². The summed E-state index contributed by atoms with van der Waals surface area (Å²) in [5.41, 5.74) is 0.706. The molecular weight excluding hydrogens is 288 g/mol. The van der Waals surface area contributed by atoms with Gasteiger partial charge in [0.05, 0.1) is 7.11 Å². The van der Waals surface area contributed by atoms with Crippen LogP contribution >= 0.6 is 0 Å². The van der Waals surface area contributed by atoms with E-state index in [-0.39, 0.29) is 5.78 Å². The summed E-state index contributed by atoms with van der Waals surface area (Å²) in [6.07, 6.45) is 8.83. The number of carbonyl (C=O) groups is 1. The third kappa shape index (κ3) is 4.14. The molecule has 2 aliphatic rings. The lowest BCUT2D eigenvalue weighted by atomic mass is 10.1. The zero-order valence-electron chi connectivity index (χ0n) is 13.9. The number of methoxy groups -OCH3 is 1. The summed E-state index contributed by atoms with van der Waals surface area (Å²) in [5, 5.41) is 0. The smallest absolute Gasteiger partial charge is 0.187 e. The van der Waals surface area contributed by atoms with E-state index in [4.69, 9.17) is 4.74 Å². The van der Waals surface area contributed by atoms with E-state index in [1.54, 1.807) is 13.2 Å². The highest BCUT2D eigenvalue weighted by Gasteiger charge is 2.25. The summed E-state index contributed by atoms with van der Waals surface area (Å²) in [6.45, 7) is 4.67. The first-order chi connectivity index (χ1) is 11.3. The molecule has 0 radical (unpaired) electrons. The van der Waals surface area contributed by atoms with E-state index in [0.717, 1.165) is 18.8 Å². The van der Waals surface area contributed by atoms with Crippen molar-refractivity contribution >= 4 is 5.78 Å². The number of carbonyl (C=O) groups excluding carboxylic acids is 1. The molecule has 4 nitrogen and oxygen atoms in total. The minimum Gasteiger partial charge on any atom is -0.497 e. The maximum absolute atomic E-state index is 12.3. The molecule has 2 saturated heterocycles. The topological polar surface area (TPSA) is 32.8 Å². The van der Waals surface area contributed by atoms with E-state index in [9.17, 15) is 4.79 Å². The van der Waals surface area contributed by atoms with E-state index in [1.165, 1.54) is 38.8 Å². The molecule has 124 valence electrons. The van der Waals surface area contributed by atoms with Crippen molar-refractivity contribution in [3.63, 3.8) is 0 Å². The molecule has 23 heavy (non-hydrogen) atoms. The van der Waals surface area contributed by atoms with Crippen LogP contribution in [0.5, 0.6) is 5.75 Å². The molecule has 0 aromatic heterocycles. The van der Waals surface area contributed by atoms with E-state index >= 15 is 0 Å². The number of hydrogen-bond donors (Lipinski definition) is 0. The van der Waals surface area contributed by atoms with E-state index < -0.39 is 0 Å². The number of likely N-dealkylation sites (tertiary alicyclic amines) is 2. The van der Waals surface area contributed by atoms with Crippen molar-refractivity contribution < 1.29 is 9.53 Å². The van der Waals surface area contributed by atoms with Gasteiger partial charge < -0.3 is 14.5 Å². The number of rotatable bonds is 6. The van der Waals surface area contributed by atoms with Crippen LogP contribution in [0.1, 0.15) is 36.0 Å². The van der Waals surface area contributed by atoms with E-state index in [0.29, 0.717) is 11.6 Å². The average molecular weight is 314 g/mol. The highest BCUT2D eigenvalue weighted by Crippen LogP contribution is 2.21. The molecule has 1 atom stereocenters. The molecule has 0 amide bonds. The zero-order chi connectivity index (χ0) is 16.1. The summed E-state index contributed by atoms with van der Waals surface area (Å²) < 4.78 is 5.13. The molecular formula is C19H26N2O2. The Kier molecular flexibility index (Phi) is 5.34. The maximum atomic E-state index is 12.3. The van der Waals surface area contributed by atoms with Crippen molar-refractivity contribution in [2.75, 3.05) is 33.3 Å². The van der Waals surface area contributed by atoms with Crippen LogP contribution in [0.15, 0.2) is 36.5 Å². The summed E-state index contributed by atoms with van der Waals surface area (Å²) in [5.74, 6) is 0.829. The number of benzene rings is 1. The first-order valence-electron chi connectivity index (χ1n) is 8.61. The molecule has 4 heteroatoms. The Labute approximate surface area is 138 Å². The first kappa shape index (κ1) is 16.1. The van der Waals surface area contributed by atoms with Gasteiger partial charge in [0, 0.05) is 37.0 Å². The second-order valence-electron chi connectivity index (χ2n) is 6.45. The lowest BCUT2D eigenvalue weighted by Gasteiger charge is -2.27. The van der Waals surface area contributed by atoms with Crippen LogP contribution in [0, 0.1) is 0 Å². The van der Waals surface area contributed by atoms with Crippen molar-refractivity contribution in [2.45, 2.75) is 31.7 Å². The zero-order valence-corrected chi connectivity index (χ0v) is 13.9. The summed E-state index contributed by atoms with van der Waals surface area (Å²) in [7, 11) is 1.63. The molecule has 3 rings (SSSR count). The standard InChI is InChI=1S/C19H26N2O2/c1-23-18-8-6-16(7-9-18)19(22)10-14-21-13-4-5-17(21)15-20-11-2-3-12-20/h6-10,14,17H,2-5,11-13,15H2,1H3/b14-10+/t17-/m0/s1. The predicted octanol–water partition coefficient (Wildman–Crippen LogP) is 2.95. The summed E-state index contributed by atoms with van der Waals surface area (Å²) in [6, 6.07) is 7.85. The lowest BCUT2D eigenvalue weighted by Crippen LogP contribution is -2.36. The lowest BCUT2D eigenvalue weighted by molar-refractivity contribution is 0.104. The van der Waals surface area contributed by atoms with Gasteiger partial charge >= 0.3 is 0 Å². The second-order valence-corrected chi connectivity index (χ2v) is 6.45. The number of ketones is 1. The third-order valence-corrected chi connectivity index (χ3v) is 4.88. The minimum atomic E-state index is 0.0551. The Morgan fingerprint density at radius 2 is 1.91 bits per heavy atom. The van der Waals surface area contributed by atoms with Gasteiger partial charge in [-0.05, 0) is 63.0 Å². The number of hydrogen-bond acceptors (Lipinski definition) is 4. The fraction of sp³-hybridized carbons (Fsp3) is 0.526. The van der Waals surface area contributed by atoms with Gasteiger partial charge in [0.25, 0.3) is 0 Å². The first-order valence-corrected chi connectivity index (χ1v) is 8.61. The monoisotopic (exact) mass is 314 g/mol. The quantitative estimate of drug-likeness (QED) is 0.597. The van der Waals surface area contributed by atoms with Gasteiger partial charge in [0.1, 0.15) is 5.75 Å². The highest BCUT2D eigenvalue weighted by atomic mass is 16.5. The minimum absolute atomic E-state index is 0.0551. The largest absolute Gasteiger partial charge is 0.497 e.